The Labute approximate surface area is 128 Å². The summed E-state index contributed by atoms with van der Waals surface area (Å²) in [4.78, 5) is 0.162. The van der Waals surface area contributed by atoms with E-state index in [4.69, 9.17) is 10.4 Å². The van der Waals surface area contributed by atoms with Crippen LogP contribution in [0, 0.1) is 11.3 Å². The number of hydrogen-bond donors (Lipinski definition) is 1. The minimum atomic E-state index is -3.82. The van der Waals surface area contributed by atoms with Crippen LogP contribution in [0.2, 0.25) is 0 Å². The van der Waals surface area contributed by atoms with Crippen molar-refractivity contribution in [2.45, 2.75) is 63.7 Å². The predicted octanol–water partition coefficient (Wildman–Crippen LogP) is 3.21. The van der Waals surface area contributed by atoms with Crippen molar-refractivity contribution < 1.29 is 8.42 Å². The first-order valence-electron chi connectivity index (χ1n) is 7.09. The molecule has 0 amide bonds. The van der Waals surface area contributed by atoms with E-state index in [2.05, 4.69) is 6.07 Å². The van der Waals surface area contributed by atoms with Gasteiger partial charge in [-0.25, -0.2) is 13.6 Å². The lowest BCUT2D eigenvalue weighted by Crippen LogP contribution is -2.20. The highest BCUT2D eigenvalue weighted by molar-refractivity contribution is 7.89. The van der Waals surface area contributed by atoms with Gasteiger partial charge in [0.05, 0.1) is 17.4 Å². The highest BCUT2D eigenvalue weighted by atomic mass is 32.2. The number of nitrogens with zero attached hydrogens (tertiary/aromatic N) is 1. The van der Waals surface area contributed by atoms with E-state index < -0.39 is 10.0 Å². The molecule has 0 fully saturated rings. The molecule has 1 rings (SSSR count). The van der Waals surface area contributed by atoms with Gasteiger partial charge in [-0.05, 0) is 40.5 Å². The summed E-state index contributed by atoms with van der Waals surface area (Å²) in [5, 5.41) is 14.5. The van der Waals surface area contributed by atoms with Gasteiger partial charge in [-0.1, -0.05) is 40.7 Å². The molecule has 1 aromatic rings. The van der Waals surface area contributed by atoms with Crippen LogP contribution in [0.25, 0.3) is 0 Å². The lowest BCUT2D eigenvalue weighted by atomic mass is 9.82. The zero-order valence-corrected chi connectivity index (χ0v) is 14.2. The van der Waals surface area contributed by atoms with Gasteiger partial charge in [0, 0.05) is 0 Å². The SMILES string of the molecule is CCC(C)c1c(CC#N)cc(C(C)(C)C)cc1S(N)(=O)=O. The molecule has 2 N–H and O–H groups in total. The van der Waals surface area contributed by atoms with Crippen molar-refractivity contribution in [2.75, 3.05) is 0 Å². The minimum Gasteiger partial charge on any atom is -0.225 e. The summed E-state index contributed by atoms with van der Waals surface area (Å²) in [5.41, 5.74) is 2.12. The third kappa shape index (κ3) is 4.05. The van der Waals surface area contributed by atoms with E-state index in [9.17, 15) is 8.42 Å². The Kier molecular flexibility index (Phi) is 5.19. The lowest BCUT2D eigenvalue weighted by molar-refractivity contribution is 0.578. The van der Waals surface area contributed by atoms with E-state index in [1.807, 2.05) is 40.7 Å². The number of primary sulfonamides is 1. The van der Waals surface area contributed by atoms with E-state index in [0.29, 0.717) is 5.56 Å². The summed E-state index contributed by atoms with van der Waals surface area (Å²) in [7, 11) is -3.82. The maximum absolute atomic E-state index is 12.0. The summed E-state index contributed by atoms with van der Waals surface area (Å²) < 4.78 is 24.0. The fourth-order valence-electron chi connectivity index (χ4n) is 2.35. The topological polar surface area (TPSA) is 83.9 Å². The van der Waals surface area contributed by atoms with Crippen molar-refractivity contribution in [3.63, 3.8) is 0 Å². The van der Waals surface area contributed by atoms with Crippen molar-refractivity contribution in [1.29, 1.82) is 5.26 Å². The first kappa shape index (κ1) is 17.7. The van der Waals surface area contributed by atoms with Crippen molar-refractivity contribution in [3.05, 3.63) is 28.8 Å². The van der Waals surface area contributed by atoms with E-state index in [0.717, 1.165) is 17.5 Å². The van der Waals surface area contributed by atoms with Crippen LogP contribution in [-0.2, 0) is 21.9 Å². The molecule has 1 aromatic carbocycles. The molecule has 1 unspecified atom stereocenters. The third-order valence-electron chi connectivity index (χ3n) is 3.77. The van der Waals surface area contributed by atoms with Crippen molar-refractivity contribution in [2.24, 2.45) is 5.14 Å². The first-order valence-corrected chi connectivity index (χ1v) is 8.64. The second kappa shape index (κ2) is 6.17. The summed E-state index contributed by atoms with van der Waals surface area (Å²) >= 11 is 0. The molecular formula is C16H24N2O2S. The third-order valence-corrected chi connectivity index (χ3v) is 4.73. The highest BCUT2D eigenvalue weighted by Gasteiger charge is 2.25. The van der Waals surface area contributed by atoms with Crippen molar-refractivity contribution >= 4 is 10.0 Å². The molecule has 0 aliphatic rings. The molecule has 0 saturated carbocycles. The van der Waals surface area contributed by atoms with Gasteiger partial charge in [0.1, 0.15) is 0 Å². The smallest absolute Gasteiger partial charge is 0.225 e. The average molecular weight is 308 g/mol. The predicted molar refractivity (Wildman–Crippen MR) is 84.5 cm³/mol. The zero-order chi connectivity index (χ0) is 16.4. The summed E-state index contributed by atoms with van der Waals surface area (Å²) in [6.07, 6.45) is 0.974. The standard InChI is InChI=1S/C16H24N2O2S/c1-6-11(2)15-12(7-8-17)9-13(16(3,4)5)10-14(15)21(18,19)20/h9-11H,6-7H2,1-5H3,(H2,18,19,20). The monoisotopic (exact) mass is 308 g/mol. The van der Waals surface area contributed by atoms with Gasteiger partial charge in [-0.15, -0.1) is 0 Å². The Bertz CT molecular complexity index is 665. The first-order chi connectivity index (χ1) is 9.52. The second-order valence-electron chi connectivity index (χ2n) is 6.49. The summed E-state index contributed by atoms with van der Waals surface area (Å²) in [6, 6.07) is 5.73. The van der Waals surface area contributed by atoms with Gasteiger partial charge in [0.15, 0.2) is 0 Å². The van der Waals surface area contributed by atoms with Crippen LogP contribution >= 0.6 is 0 Å². The quantitative estimate of drug-likeness (QED) is 0.927. The molecule has 5 heteroatoms. The van der Waals surface area contributed by atoms with Gasteiger partial charge in [-0.3, -0.25) is 0 Å². The van der Waals surface area contributed by atoms with Crippen LogP contribution in [0.3, 0.4) is 0 Å². The van der Waals surface area contributed by atoms with Crippen LogP contribution in [0.15, 0.2) is 17.0 Å². The van der Waals surface area contributed by atoms with Crippen LogP contribution in [0.4, 0.5) is 0 Å². The lowest BCUT2D eigenvalue weighted by Gasteiger charge is -2.25. The van der Waals surface area contributed by atoms with Crippen molar-refractivity contribution in [3.8, 4) is 6.07 Å². The normalized spacial score (nSPS) is 13.8. The molecule has 0 aliphatic heterocycles. The molecule has 116 valence electrons. The maximum Gasteiger partial charge on any atom is 0.238 e. The molecule has 4 nitrogen and oxygen atoms in total. The largest absolute Gasteiger partial charge is 0.238 e. The number of hydrogen-bond acceptors (Lipinski definition) is 3. The van der Waals surface area contributed by atoms with Gasteiger partial charge < -0.3 is 0 Å². The second-order valence-corrected chi connectivity index (χ2v) is 8.02. The average Bonchev–Trinajstić information content (AvgIpc) is 2.35. The highest BCUT2D eigenvalue weighted by Crippen LogP contribution is 2.34. The van der Waals surface area contributed by atoms with Crippen LogP contribution < -0.4 is 5.14 Å². The Morgan fingerprint density at radius 1 is 1.33 bits per heavy atom. The minimum absolute atomic E-state index is 0.0377. The molecule has 0 aliphatic carbocycles. The Hall–Kier alpha value is -1.38. The molecule has 0 bridgehead atoms. The van der Waals surface area contributed by atoms with Gasteiger partial charge in [0.25, 0.3) is 0 Å². The molecule has 0 radical (unpaired) electrons. The number of nitriles is 1. The van der Waals surface area contributed by atoms with Gasteiger partial charge in [0.2, 0.25) is 10.0 Å². The molecule has 0 heterocycles. The molecule has 1 atom stereocenters. The number of benzene rings is 1. The fourth-order valence-corrected chi connectivity index (χ4v) is 3.28. The Morgan fingerprint density at radius 2 is 1.90 bits per heavy atom. The summed E-state index contributed by atoms with van der Waals surface area (Å²) in [6.45, 7) is 9.98. The van der Waals surface area contributed by atoms with Crippen LogP contribution in [0.1, 0.15) is 63.6 Å². The van der Waals surface area contributed by atoms with E-state index in [-0.39, 0.29) is 22.6 Å². The molecule has 21 heavy (non-hydrogen) atoms. The van der Waals surface area contributed by atoms with Crippen LogP contribution in [-0.4, -0.2) is 8.42 Å². The number of rotatable bonds is 4. The Morgan fingerprint density at radius 3 is 2.29 bits per heavy atom. The van der Waals surface area contributed by atoms with Gasteiger partial charge in [-0.2, -0.15) is 5.26 Å². The molecular weight excluding hydrogens is 284 g/mol. The van der Waals surface area contributed by atoms with Gasteiger partial charge >= 0.3 is 0 Å². The van der Waals surface area contributed by atoms with E-state index in [1.165, 1.54) is 0 Å². The van der Waals surface area contributed by atoms with E-state index in [1.54, 1.807) is 6.07 Å². The number of nitrogens with two attached hydrogens (primary N) is 1. The maximum atomic E-state index is 12.0. The molecule has 0 spiro atoms. The summed E-state index contributed by atoms with van der Waals surface area (Å²) in [5.74, 6) is 0.0377. The van der Waals surface area contributed by atoms with Crippen molar-refractivity contribution in [1.82, 2.24) is 0 Å². The Balaban J connectivity index is 3.80. The van der Waals surface area contributed by atoms with E-state index >= 15 is 0 Å². The fraction of sp³-hybridized carbons (Fsp3) is 0.562. The number of sulfonamides is 1. The molecule has 0 saturated heterocycles. The van der Waals surface area contributed by atoms with Crippen LogP contribution in [0.5, 0.6) is 0 Å². The zero-order valence-electron chi connectivity index (χ0n) is 13.4. The molecule has 0 aromatic heterocycles.